The van der Waals surface area contributed by atoms with Gasteiger partial charge in [0.15, 0.2) is 0 Å². The summed E-state index contributed by atoms with van der Waals surface area (Å²) in [4.78, 5) is 24.3. The van der Waals surface area contributed by atoms with Crippen LogP contribution in [0.25, 0.3) is 0 Å². The summed E-state index contributed by atoms with van der Waals surface area (Å²) in [7, 11) is 0. The van der Waals surface area contributed by atoms with E-state index in [2.05, 4.69) is 31.6 Å². The van der Waals surface area contributed by atoms with Crippen LogP contribution in [0.2, 0.25) is 0 Å². The number of benzene rings is 2. The first-order valence-corrected chi connectivity index (χ1v) is 7.97. The van der Waals surface area contributed by atoms with Gasteiger partial charge in [-0.3, -0.25) is 20.4 Å². The van der Waals surface area contributed by atoms with Crippen molar-refractivity contribution in [3.63, 3.8) is 0 Å². The molecule has 0 bridgehead atoms. The molecule has 2 aromatic rings. The van der Waals surface area contributed by atoms with Crippen molar-refractivity contribution in [1.82, 2.24) is 10.9 Å². The van der Waals surface area contributed by atoms with Crippen LogP contribution in [-0.2, 0) is 5.41 Å². The Kier molecular flexibility index (Phi) is 5.07. The van der Waals surface area contributed by atoms with E-state index in [-0.39, 0.29) is 17.2 Å². The van der Waals surface area contributed by atoms with Crippen molar-refractivity contribution in [2.24, 2.45) is 0 Å². The van der Waals surface area contributed by atoms with Gasteiger partial charge in [0.1, 0.15) is 0 Å². The summed E-state index contributed by atoms with van der Waals surface area (Å²) in [6.07, 6.45) is 0. The van der Waals surface area contributed by atoms with Crippen molar-refractivity contribution in [2.75, 3.05) is 0 Å². The van der Waals surface area contributed by atoms with Gasteiger partial charge in [0, 0.05) is 11.1 Å². The SMILES string of the molecule is Cc1ccc(C(=O)NNC(=O)c2ccc(C(C)(C)C)cc2)c(C)c1. The van der Waals surface area contributed by atoms with Gasteiger partial charge in [0.05, 0.1) is 0 Å². The lowest BCUT2D eigenvalue weighted by atomic mass is 9.87. The molecule has 0 aliphatic rings. The predicted molar refractivity (Wildman–Crippen MR) is 96.0 cm³/mol. The average Bonchev–Trinajstić information content (AvgIpc) is 2.51. The fourth-order valence-electron chi connectivity index (χ4n) is 2.44. The summed E-state index contributed by atoms with van der Waals surface area (Å²) in [5, 5.41) is 0. The fraction of sp³-hybridized carbons (Fsp3) is 0.300. The van der Waals surface area contributed by atoms with E-state index in [0.717, 1.165) is 16.7 Å². The average molecular weight is 324 g/mol. The molecule has 2 amide bonds. The van der Waals surface area contributed by atoms with E-state index in [1.54, 1.807) is 18.2 Å². The summed E-state index contributed by atoms with van der Waals surface area (Å²) >= 11 is 0. The fourth-order valence-corrected chi connectivity index (χ4v) is 2.44. The molecule has 0 spiro atoms. The van der Waals surface area contributed by atoms with Crippen LogP contribution < -0.4 is 10.9 Å². The van der Waals surface area contributed by atoms with Crippen LogP contribution in [0, 0.1) is 13.8 Å². The molecule has 2 aromatic carbocycles. The molecule has 0 heterocycles. The van der Waals surface area contributed by atoms with E-state index in [1.165, 1.54) is 0 Å². The third-order valence-corrected chi connectivity index (χ3v) is 3.93. The first-order valence-electron chi connectivity index (χ1n) is 7.97. The van der Waals surface area contributed by atoms with Crippen molar-refractivity contribution < 1.29 is 9.59 Å². The van der Waals surface area contributed by atoms with Crippen molar-refractivity contribution in [2.45, 2.75) is 40.0 Å². The minimum absolute atomic E-state index is 0.0339. The molecule has 24 heavy (non-hydrogen) atoms. The lowest BCUT2D eigenvalue weighted by Crippen LogP contribution is -2.41. The maximum atomic E-state index is 12.2. The van der Waals surface area contributed by atoms with Crippen LogP contribution in [-0.4, -0.2) is 11.8 Å². The quantitative estimate of drug-likeness (QED) is 0.828. The van der Waals surface area contributed by atoms with Gasteiger partial charge in [-0.2, -0.15) is 0 Å². The third-order valence-electron chi connectivity index (χ3n) is 3.93. The Morgan fingerprint density at radius 3 is 1.96 bits per heavy atom. The minimum Gasteiger partial charge on any atom is -0.267 e. The second-order valence-electron chi connectivity index (χ2n) is 7.05. The Balaban J connectivity index is 2.01. The number of aryl methyl sites for hydroxylation is 2. The monoisotopic (exact) mass is 324 g/mol. The number of hydrazine groups is 1. The van der Waals surface area contributed by atoms with Gasteiger partial charge in [-0.05, 0) is 48.6 Å². The van der Waals surface area contributed by atoms with E-state index in [0.29, 0.717) is 11.1 Å². The van der Waals surface area contributed by atoms with Gasteiger partial charge in [0.25, 0.3) is 11.8 Å². The maximum Gasteiger partial charge on any atom is 0.269 e. The molecular formula is C20H24N2O2. The summed E-state index contributed by atoms with van der Waals surface area (Å²) in [5.41, 5.74) is 9.12. The Morgan fingerprint density at radius 2 is 1.42 bits per heavy atom. The Bertz CT molecular complexity index is 756. The number of nitrogens with one attached hydrogen (secondary N) is 2. The number of hydrogen-bond donors (Lipinski definition) is 2. The highest BCUT2D eigenvalue weighted by molar-refractivity contribution is 5.99. The van der Waals surface area contributed by atoms with Gasteiger partial charge in [-0.1, -0.05) is 50.6 Å². The van der Waals surface area contributed by atoms with E-state index in [4.69, 9.17) is 0 Å². The van der Waals surface area contributed by atoms with E-state index in [9.17, 15) is 9.59 Å². The van der Waals surface area contributed by atoms with Gasteiger partial charge in [-0.25, -0.2) is 0 Å². The van der Waals surface area contributed by atoms with Gasteiger partial charge >= 0.3 is 0 Å². The molecule has 4 heteroatoms. The van der Waals surface area contributed by atoms with Gasteiger partial charge < -0.3 is 0 Å². The highest BCUT2D eigenvalue weighted by Crippen LogP contribution is 2.22. The van der Waals surface area contributed by atoms with Crippen molar-refractivity contribution >= 4 is 11.8 Å². The number of rotatable bonds is 2. The van der Waals surface area contributed by atoms with Crippen molar-refractivity contribution in [3.05, 3.63) is 70.3 Å². The van der Waals surface area contributed by atoms with Crippen molar-refractivity contribution in [1.29, 1.82) is 0 Å². The van der Waals surface area contributed by atoms with E-state index < -0.39 is 0 Å². The van der Waals surface area contributed by atoms with E-state index in [1.807, 2.05) is 38.1 Å². The molecule has 2 rings (SSSR count). The molecule has 0 fully saturated rings. The normalized spacial score (nSPS) is 11.0. The summed E-state index contributed by atoms with van der Waals surface area (Å²) in [6.45, 7) is 10.2. The van der Waals surface area contributed by atoms with Crippen molar-refractivity contribution in [3.8, 4) is 0 Å². The molecule has 0 aliphatic carbocycles. The lowest BCUT2D eigenvalue weighted by molar-refractivity contribution is 0.0846. The second-order valence-corrected chi connectivity index (χ2v) is 7.05. The Labute approximate surface area is 143 Å². The predicted octanol–water partition coefficient (Wildman–Crippen LogP) is 3.68. The highest BCUT2D eigenvalue weighted by atomic mass is 16.2. The smallest absolute Gasteiger partial charge is 0.267 e. The number of carbonyl (C=O) groups excluding carboxylic acids is 2. The molecule has 2 N–H and O–H groups in total. The molecule has 0 saturated carbocycles. The lowest BCUT2D eigenvalue weighted by Gasteiger charge is -2.19. The summed E-state index contributed by atoms with van der Waals surface area (Å²) < 4.78 is 0. The zero-order valence-electron chi connectivity index (χ0n) is 14.9. The summed E-state index contributed by atoms with van der Waals surface area (Å²) in [6, 6.07) is 12.9. The van der Waals surface area contributed by atoms with Crippen LogP contribution in [0.3, 0.4) is 0 Å². The first-order chi connectivity index (χ1) is 11.2. The Morgan fingerprint density at radius 1 is 0.833 bits per heavy atom. The van der Waals surface area contributed by atoms with Crippen LogP contribution >= 0.6 is 0 Å². The molecule has 0 saturated heterocycles. The molecule has 0 radical (unpaired) electrons. The number of hydrogen-bond acceptors (Lipinski definition) is 2. The molecule has 0 aromatic heterocycles. The molecule has 126 valence electrons. The van der Waals surface area contributed by atoms with Gasteiger partial charge in [0.2, 0.25) is 0 Å². The van der Waals surface area contributed by atoms with E-state index >= 15 is 0 Å². The molecule has 0 unspecified atom stereocenters. The topological polar surface area (TPSA) is 58.2 Å². The number of carbonyl (C=O) groups is 2. The minimum atomic E-state index is -0.339. The summed E-state index contributed by atoms with van der Waals surface area (Å²) in [5.74, 6) is -0.666. The first kappa shape index (κ1) is 17.7. The van der Waals surface area contributed by atoms with Crippen LogP contribution in [0.15, 0.2) is 42.5 Å². The van der Waals surface area contributed by atoms with Crippen LogP contribution in [0.5, 0.6) is 0 Å². The highest BCUT2D eigenvalue weighted by Gasteiger charge is 2.15. The molecule has 4 nitrogen and oxygen atoms in total. The largest absolute Gasteiger partial charge is 0.269 e. The van der Waals surface area contributed by atoms with Gasteiger partial charge in [-0.15, -0.1) is 0 Å². The molecule has 0 atom stereocenters. The standard InChI is InChI=1S/C20H24N2O2/c1-13-6-11-17(14(2)12-13)19(24)22-21-18(23)15-7-9-16(10-8-15)20(3,4)5/h6-12H,1-5H3,(H,21,23)(H,22,24). The zero-order valence-corrected chi connectivity index (χ0v) is 14.9. The van der Waals surface area contributed by atoms with Crippen LogP contribution in [0.1, 0.15) is 58.2 Å². The van der Waals surface area contributed by atoms with Crippen LogP contribution in [0.4, 0.5) is 0 Å². The zero-order chi connectivity index (χ0) is 17.9. The maximum absolute atomic E-state index is 12.2. The third kappa shape index (κ3) is 4.22. The number of amides is 2. The molecular weight excluding hydrogens is 300 g/mol. The second kappa shape index (κ2) is 6.87. The molecule has 0 aliphatic heterocycles. The Hall–Kier alpha value is -2.62.